The van der Waals surface area contributed by atoms with E-state index in [0.29, 0.717) is 17.7 Å². The van der Waals surface area contributed by atoms with E-state index in [1.54, 1.807) is 19.1 Å². The summed E-state index contributed by atoms with van der Waals surface area (Å²) in [5, 5.41) is 23.3. The van der Waals surface area contributed by atoms with Crippen LogP contribution in [-0.2, 0) is 0 Å². The van der Waals surface area contributed by atoms with Gasteiger partial charge in [0.15, 0.2) is 0 Å². The van der Waals surface area contributed by atoms with Gasteiger partial charge in [-0.25, -0.2) is 0 Å². The monoisotopic (exact) mass is 266 g/mol. The molecular weight excluding hydrogens is 244 g/mol. The van der Waals surface area contributed by atoms with Crippen LogP contribution in [0.1, 0.15) is 32.8 Å². The molecule has 0 bridgehead atoms. The highest BCUT2D eigenvalue weighted by molar-refractivity contribution is 5.55. The average molecular weight is 266 g/mol. The van der Waals surface area contributed by atoms with Crippen molar-refractivity contribution in [2.45, 2.75) is 40.2 Å². The molecule has 0 aliphatic carbocycles. The molecule has 0 aliphatic heterocycles. The van der Waals surface area contributed by atoms with Crippen molar-refractivity contribution < 1.29 is 10.0 Å². The van der Waals surface area contributed by atoms with Gasteiger partial charge in [0, 0.05) is 30.0 Å². The van der Waals surface area contributed by atoms with Crippen LogP contribution in [0, 0.1) is 22.5 Å². The van der Waals surface area contributed by atoms with E-state index in [1.807, 2.05) is 6.07 Å². The minimum Gasteiger partial charge on any atom is -0.396 e. The molecule has 0 aromatic heterocycles. The van der Waals surface area contributed by atoms with Crippen molar-refractivity contribution in [3.05, 3.63) is 33.9 Å². The second kappa shape index (κ2) is 6.02. The van der Waals surface area contributed by atoms with E-state index in [0.717, 1.165) is 0 Å². The van der Waals surface area contributed by atoms with E-state index in [1.165, 1.54) is 0 Å². The zero-order valence-corrected chi connectivity index (χ0v) is 11.9. The van der Waals surface area contributed by atoms with Gasteiger partial charge in [-0.1, -0.05) is 26.8 Å². The Labute approximate surface area is 113 Å². The van der Waals surface area contributed by atoms with Gasteiger partial charge in [-0.05, 0) is 24.8 Å². The fourth-order valence-corrected chi connectivity index (χ4v) is 1.95. The Hall–Kier alpha value is -1.62. The van der Waals surface area contributed by atoms with Crippen molar-refractivity contribution in [2.75, 3.05) is 11.9 Å². The number of aryl methyl sites for hydroxylation is 1. The van der Waals surface area contributed by atoms with Gasteiger partial charge in [-0.15, -0.1) is 0 Å². The summed E-state index contributed by atoms with van der Waals surface area (Å²) in [5.74, 6) is 0. The molecule has 106 valence electrons. The predicted molar refractivity (Wildman–Crippen MR) is 76.4 cm³/mol. The molecule has 0 radical (unpaired) electrons. The fourth-order valence-electron chi connectivity index (χ4n) is 1.95. The Bertz CT molecular complexity index is 452. The number of nitrogens with one attached hydrogen (secondary N) is 1. The van der Waals surface area contributed by atoms with Gasteiger partial charge in [0.05, 0.1) is 4.92 Å². The molecule has 0 saturated heterocycles. The average Bonchev–Trinajstić information content (AvgIpc) is 2.29. The highest BCUT2D eigenvalue weighted by Crippen LogP contribution is 2.28. The number of benzene rings is 1. The van der Waals surface area contributed by atoms with Crippen LogP contribution in [0.4, 0.5) is 11.4 Å². The second-order valence-electron chi connectivity index (χ2n) is 5.83. The summed E-state index contributed by atoms with van der Waals surface area (Å²) in [5.41, 5.74) is 1.43. The number of nitro benzene ring substituents is 1. The van der Waals surface area contributed by atoms with Crippen LogP contribution in [-0.4, -0.2) is 22.7 Å². The minimum atomic E-state index is -0.376. The topological polar surface area (TPSA) is 75.4 Å². The zero-order chi connectivity index (χ0) is 14.6. The Morgan fingerprint density at radius 2 is 2.05 bits per heavy atom. The van der Waals surface area contributed by atoms with Crippen molar-refractivity contribution in [2.24, 2.45) is 5.41 Å². The molecular formula is C14H22N2O3. The first-order valence-corrected chi connectivity index (χ1v) is 6.38. The highest BCUT2D eigenvalue weighted by Gasteiger charge is 2.24. The molecule has 0 spiro atoms. The van der Waals surface area contributed by atoms with Crippen LogP contribution in [0.5, 0.6) is 0 Å². The summed E-state index contributed by atoms with van der Waals surface area (Å²) in [6.45, 7) is 8.02. The minimum absolute atomic E-state index is 0.0393. The normalized spacial score (nSPS) is 13.1. The Kier molecular flexibility index (Phi) is 4.89. The highest BCUT2D eigenvalue weighted by atomic mass is 16.6. The molecule has 1 atom stereocenters. The molecule has 5 nitrogen and oxygen atoms in total. The van der Waals surface area contributed by atoms with Crippen LogP contribution in [0.2, 0.25) is 0 Å². The van der Waals surface area contributed by atoms with Crippen molar-refractivity contribution in [1.82, 2.24) is 0 Å². The molecule has 0 fully saturated rings. The van der Waals surface area contributed by atoms with Gasteiger partial charge in [0.1, 0.15) is 0 Å². The standard InChI is InChI=1S/C14H22N2O3/c1-10-5-6-11(9-12(10)16(18)19)15-13(7-8-17)14(2,3)4/h5-6,9,13,15,17H,7-8H2,1-4H3. The van der Waals surface area contributed by atoms with Crippen LogP contribution in [0.25, 0.3) is 0 Å². The van der Waals surface area contributed by atoms with Crippen LogP contribution in [0.15, 0.2) is 18.2 Å². The number of rotatable bonds is 5. The van der Waals surface area contributed by atoms with Crippen LogP contribution in [0.3, 0.4) is 0 Å². The van der Waals surface area contributed by atoms with Gasteiger partial charge in [0.2, 0.25) is 0 Å². The third-order valence-corrected chi connectivity index (χ3v) is 3.21. The van der Waals surface area contributed by atoms with Gasteiger partial charge in [-0.3, -0.25) is 10.1 Å². The maximum Gasteiger partial charge on any atom is 0.274 e. The SMILES string of the molecule is Cc1ccc(NC(CCO)C(C)(C)C)cc1[N+](=O)[O-]. The molecule has 0 heterocycles. The molecule has 1 aromatic rings. The van der Waals surface area contributed by atoms with E-state index in [4.69, 9.17) is 5.11 Å². The number of hydrogen-bond donors (Lipinski definition) is 2. The fraction of sp³-hybridized carbons (Fsp3) is 0.571. The van der Waals surface area contributed by atoms with E-state index in [2.05, 4.69) is 26.1 Å². The first kappa shape index (κ1) is 15.4. The molecule has 5 heteroatoms. The first-order valence-electron chi connectivity index (χ1n) is 6.38. The summed E-state index contributed by atoms with van der Waals surface area (Å²) in [6.07, 6.45) is 0.602. The number of aliphatic hydroxyl groups is 1. The molecule has 0 aliphatic rings. The van der Waals surface area contributed by atoms with Gasteiger partial charge in [-0.2, -0.15) is 0 Å². The molecule has 0 saturated carbocycles. The van der Waals surface area contributed by atoms with Crippen molar-refractivity contribution in [1.29, 1.82) is 0 Å². The number of aliphatic hydroxyl groups excluding tert-OH is 1. The molecule has 1 rings (SSSR count). The predicted octanol–water partition coefficient (Wildman–Crippen LogP) is 3.11. The molecule has 19 heavy (non-hydrogen) atoms. The molecule has 1 aromatic carbocycles. The smallest absolute Gasteiger partial charge is 0.274 e. The lowest BCUT2D eigenvalue weighted by Crippen LogP contribution is -2.34. The summed E-state index contributed by atoms with van der Waals surface area (Å²) in [6, 6.07) is 5.17. The lowest BCUT2D eigenvalue weighted by molar-refractivity contribution is -0.385. The van der Waals surface area contributed by atoms with E-state index in [-0.39, 0.29) is 28.7 Å². The Morgan fingerprint density at radius 1 is 1.42 bits per heavy atom. The second-order valence-corrected chi connectivity index (χ2v) is 5.83. The maximum absolute atomic E-state index is 10.9. The van der Waals surface area contributed by atoms with Crippen molar-refractivity contribution in [3.8, 4) is 0 Å². The third kappa shape index (κ3) is 4.21. The zero-order valence-electron chi connectivity index (χ0n) is 11.9. The molecule has 1 unspecified atom stereocenters. The van der Waals surface area contributed by atoms with E-state index < -0.39 is 0 Å². The van der Waals surface area contributed by atoms with Gasteiger partial charge < -0.3 is 10.4 Å². The van der Waals surface area contributed by atoms with E-state index >= 15 is 0 Å². The summed E-state index contributed by atoms with van der Waals surface area (Å²) in [4.78, 5) is 10.5. The van der Waals surface area contributed by atoms with Gasteiger partial charge >= 0.3 is 0 Å². The number of nitro groups is 1. The first-order chi connectivity index (χ1) is 8.75. The lowest BCUT2D eigenvalue weighted by Gasteiger charge is -2.32. The number of hydrogen-bond acceptors (Lipinski definition) is 4. The maximum atomic E-state index is 10.9. The summed E-state index contributed by atoms with van der Waals surface area (Å²) >= 11 is 0. The van der Waals surface area contributed by atoms with Crippen molar-refractivity contribution >= 4 is 11.4 Å². The Morgan fingerprint density at radius 3 is 2.53 bits per heavy atom. The molecule has 2 N–H and O–H groups in total. The van der Waals surface area contributed by atoms with Crippen LogP contribution >= 0.6 is 0 Å². The quantitative estimate of drug-likeness (QED) is 0.634. The van der Waals surface area contributed by atoms with E-state index in [9.17, 15) is 10.1 Å². The number of anilines is 1. The van der Waals surface area contributed by atoms with Gasteiger partial charge in [0.25, 0.3) is 5.69 Å². The Balaban J connectivity index is 2.97. The van der Waals surface area contributed by atoms with Crippen LogP contribution < -0.4 is 5.32 Å². The largest absolute Gasteiger partial charge is 0.396 e. The third-order valence-electron chi connectivity index (χ3n) is 3.21. The summed E-state index contributed by atoms with van der Waals surface area (Å²) < 4.78 is 0. The summed E-state index contributed by atoms with van der Waals surface area (Å²) in [7, 11) is 0. The lowest BCUT2D eigenvalue weighted by atomic mass is 9.84. The molecule has 0 amide bonds. The van der Waals surface area contributed by atoms with Crippen molar-refractivity contribution in [3.63, 3.8) is 0 Å². The number of nitrogens with zero attached hydrogens (tertiary/aromatic N) is 1.